The largest absolute Gasteiger partial charge is 0.423 e. The Bertz CT molecular complexity index is 965. The van der Waals surface area contributed by atoms with Gasteiger partial charge in [-0.15, -0.1) is 0 Å². The molecule has 0 saturated carbocycles. The molecule has 0 bridgehead atoms. The molecule has 3 heteroatoms. The topological polar surface area (TPSA) is 52.8 Å². The molecule has 0 aliphatic carbocycles. The van der Waals surface area contributed by atoms with Gasteiger partial charge in [-0.1, -0.05) is 48.5 Å². The van der Waals surface area contributed by atoms with Crippen LogP contribution in [0.5, 0.6) is 0 Å². The third-order valence-corrected chi connectivity index (χ3v) is 3.51. The highest BCUT2D eigenvalue weighted by Gasteiger charge is 2.12. The van der Waals surface area contributed by atoms with Crippen molar-refractivity contribution in [2.45, 2.75) is 0 Å². The summed E-state index contributed by atoms with van der Waals surface area (Å²) in [5.74, 6) is 0. The summed E-state index contributed by atoms with van der Waals surface area (Å²) in [6.07, 6.45) is 0. The summed E-state index contributed by atoms with van der Waals surface area (Å²) in [6.45, 7) is 0. The second-order valence-corrected chi connectivity index (χ2v) is 4.77. The van der Waals surface area contributed by atoms with Gasteiger partial charge in [-0.3, -0.25) is 5.41 Å². The van der Waals surface area contributed by atoms with Crippen LogP contribution in [0.15, 0.2) is 65.1 Å². The van der Waals surface area contributed by atoms with Gasteiger partial charge in [-0.25, -0.2) is 0 Å². The molecule has 0 spiro atoms. The van der Waals surface area contributed by atoms with E-state index in [1.54, 1.807) is 6.07 Å². The Morgan fingerprint density at radius 2 is 1.65 bits per heavy atom. The highest BCUT2D eigenvalue weighted by atomic mass is 16.3. The molecule has 0 radical (unpaired) electrons. The molecule has 0 amide bonds. The maximum absolute atomic E-state index is 7.85. The van der Waals surface area contributed by atoms with Gasteiger partial charge in [-0.2, -0.15) is 0 Å². The van der Waals surface area contributed by atoms with Gasteiger partial charge >= 0.3 is 0 Å². The summed E-state index contributed by atoms with van der Waals surface area (Å²) in [7, 11) is 0. The SMILES string of the molecule is N=c1cc(-c2ccccc2)c2c([nH]c3ccccc32)o1. The standard InChI is InChI=1S/C17H12N2O/c18-15-10-13(11-6-2-1-3-7-11)16-12-8-4-5-9-14(12)19-17(16)20-15/h1-10,18-19H. The number of fused-ring (bicyclic) bond motifs is 3. The highest BCUT2D eigenvalue weighted by Crippen LogP contribution is 2.32. The minimum absolute atomic E-state index is 0.155. The first kappa shape index (κ1) is 11.1. The maximum Gasteiger partial charge on any atom is 0.214 e. The molecule has 0 unspecified atom stereocenters. The molecule has 0 fully saturated rings. The smallest absolute Gasteiger partial charge is 0.214 e. The van der Waals surface area contributed by atoms with Crippen LogP contribution in [0, 0.1) is 5.41 Å². The van der Waals surface area contributed by atoms with Gasteiger partial charge in [0.05, 0.1) is 5.39 Å². The number of benzene rings is 2. The molecule has 3 nitrogen and oxygen atoms in total. The lowest BCUT2D eigenvalue weighted by Gasteiger charge is -2.03. The van der Waals surface area contributed by atoms with Crippen LogP contribution in [-0.2, 0) is 0 Å². The Balaban J connectivity index is 2.22. The van der Waals surface area contributed by atoms with E-state index in [0.29, 0.717) is 5.71 Å². The second kappa shape index (κ2) is 4.10. The zero-order chi connectivity index (χ0) is 13.5. The molecule has 96 valence electrons. The van der Waals surface area contributed by atoms with E-state index in [1.807, 2.05) is 36.4 Å². The number of rotatable bonds is 1. The zero-order valence-corrected chi connectivity index (χ0v) is 10.7. The Kier molecular flexibility index (Phi) is 2.27. The van der Waals surface area contributed by atoms with Gasteiger partial charge in [0.2, 0.25) is 11.3 Å². The van der Waals surface area contributed by atoms with Gasteiger partial charge in [0.15, 0.2) is 0 Å². The fourth-order valence-electron chi connectivity index (χ4n) is 2.65. The molecule has 4 aromatic rings. The van der Waals surface area contributed by atoms with Gasteiger partial charge in [0.25, 0.3) is 0 Å². The van der Waals surface area contributed by atoms with E-state index in [9.17, 15) is 0 Å². The molecule has 2 aromatic heterocycles. The lowest BCUT2D eigenvalue weighted by Crippen LogP contribution is -1.97. The first-order chi connectivity index (χ1) is 9.83. The summed E-state index contributed by atoms with van der Waals surface area (Å²) in [4.78, 5) is 3.24. The van der Waals surface area contributed by atoms with E-state index < -0.39 is 0 Å². The summed E-state index contributed by atoms with van der Waals surface area (Å²) in [5.41, 5.74) is 3.94. The van der Waals surface area contributed by atoms with Crippen LogP contribution < -0.4 is 5.55 Å². The number of aromatic amines is 1. The van der Waals surface area contributed by atoms with Crippen molar-refractivity contribution >= 4 is 22.0 Å². The van der Waals surface area contributed by atoms with E-state index in [0.717, 1.165) is 27.4 Å². The summed E-state index contributed by atoms with van der Waals surface area (Å²) < 4.78 is 5.52. The molecule has 2 heterocycles. The van der Waals surface area contributed by atoms with Gasteiger partial charge in [-0.05, 0) is 11.6 Å². The predicted molar refractivity (Wildman–Crippen MR) is 79.4 cm³/mol. The van der Waals surface area contributed by atoms with E-state index in [4.69, 9.17) is 9.83 Å². The summed E-state index contributed by atoms with van der Waals surface area (Å²) in [6, 6.07) is 20.0. The average molecular weight is 260 g/mol. The summed E-state index contributed by atoms with van der Waals surface area (Å²) in [5, 5.41) is 10.0. The minimum Gasteiger partial charge on any atom is -0.423 e. The van der Waals surface area contributed by atoms with Crippen molar-refractivity contribution in [3.8, 4) is 11.1 Å². The fourth-order valence-corrected chi connectivity index (χ4v) is 2.65. The van der Waals surface area contributed by atoms with Crippen molar-refractivity contribution in [3.63, 3.8) is 0 Å². The van der Waals surface area contributed by atoms with Crippen LogP contribution >= 0.6 is 0 Å². The fraction of sp³-hybridized carbons (Fsp3) is 0. The molecular weight excluding hydrogens is 248 g/mol. The number of hydrogen-bond acceptors (Lipinski definition) is 2. The van der Waals surface area contributed by atoms with Crippen LogP contribution in [0.2, 0.25) is 0 Å². The average Bonchev–Trinajstić information content (AvgIpc) is 2.85. The second-order valence-electron chi connectivity index (χ2n) is 4.77. The molecule has 0 aliphatic rings. The maximum atomic E-state index is 7.85. The quantitative estimate of drug-likeness (QED) is 0.532. The number of nitrogens with one attached hydrogen (secondary N) is 2. The van der Waals surface area contributed by atoms with Crippen molar-refractivity contribution in [1.82, 2.24) is 4.98 Å². The molecule has 0 saturated heterocycles. The molecule has 0 atom stereocenters. The van der Waals surface area contributed by atoms with Crippen molar-refractivity contribution in [2.75, 3.05) is 0 Å². The molecule has 4 rings (SSSR count). The van der Waals surface area contributed by atoms with E-state index >= 15 is 0 Å². The molecule has 2 N–H and O–H groups in total. The van der Waals surface area contributed by atoms with Crippen molar-refractivity contribution in [2.24, 2.45) is 0 Å². The molecular formula is C17H12N2O. The van der Waals surface area contributed by atoms with Gasteiger partial charge in [0, 0.05) is 22.5 Å². The predicted octanol–water partition coefficient (Wildman–Crippen LogP) is 4.06. The van der Waals surface area contributed by atoms with E-state index in [2.05, 4.69) is 23.2 Å². The van der Waals surface area contributed by atoms with Crippen LogP contribution in [0.3, 0.4) is 0 Å². The third-order valence-electron chi connectivity index (χ3n) is 3.51. The molecule has 20 heavy (non-hydrogen) atoms. The lowest BCUT2D eigenvalue weighted by atomic mass is 10.0. The lowest BCUT2D eigenvalue weighted by molar-refractivity contribution is 0.526. The minimum atomic E-state index is 0.155. The zero-order valence-electron chi connectivity index (χ0n) is 10.7. The van der Waals surface area contributed by atoms with Crippen LogP contribution in [0.25, 0.3) is 33.1 Å². The third kappa shape index (κ3) is 1.57. The van der Waals surface area contributed by atoms with Crippen LogP contribution in [0.4, 0.5) is 0 Å². The Labute approximate surface area is 115 Å². The molecule has 2 aromatic carbocycles. The highest BCUT2D eigenvalue weighted by molar-refractivity contribution is 6.12. The van der Waals surface area contributed by atoms with Crippen molar-refractivity contribution in [1.29, 1.82) is 5.41 Å². The Hall–Kier alpha value is -2.81. The number of H-pyrrole nitrogens is 1. The number of aromatic nitrogens is 1. The van der Waals surface area contributed by atoms with E-state index in [-0.39, 0.29) is 5.55 Å². The first-order valence-corrected chi connectivity index (χ1v) is 6.47. The van der Waals surface area contributed by atoms with E-state index in [1.165, 1.54) is 0 Å². The van der Waals surface area contributed by atoms with Crippen LogP contribution in [0.1, 0.15) is 0 Å². The normalized spacial score (nSPS) is 11.2. The Morgan fingerprint density at radius 1 is 0.900 bits per heavy atom. The van der Waals surface area contributed by atoms with Crippen molar-refractivity contribution in [3.05, 3.63) is 66.2 Å². The molecule has 0 aliphatic heterocycles. The summed E-state index contributed by atoms with van der Waals surface area (Å²) >= 11 is 0. The van der Waals surface area contributed by atoms with Crippen LogP contribution in [-0.4, -0.2) is 4.98 Å². The Morgan fingerprint density at radius 3 is 2.50 bits per heavy atom. The number of hydrogen-bond donors (Lipinski definition) is 2. The van der Waals surface area contributed by atoms with Crippen molar-refractivity contribution < 1.29 is 4.42 Å². The van der Waals surface area contributed by atoms with Gasteiger partial charge < -0.3 is 9.40 Å². The monoisotopic (exact) mass is 260 g/mol. The first-order valence-electron chi connectivity index (χ1n) is 6.47. The van der Waals surface area contributed by atoms with Gasteiger partial charge in [0.1, 0.15) is 0 Å². The number of para-hydroxylation sites is 1.